The molecule has 2 rings (SSSR count). The molecule has 0 bridgehead atoms. The minimum Gasteiger partial charge on any atom is -0.496 e. The highest BCUT2D eigenvalue weighted by molar-refractivity contribution is 6.11. The highest BCUT2D eigenvalue weighted by Crippen LogP contribution is 2.25. The maximum atomic E-state index is 12.5. The standard InChI is InChI=1S/C16H17NO2/c1-10-4-5-12(8-11(10)2)16(18)14-7-6-13(17)9-15(14)19-3/h4-9H,17H2,1-3H3. The van der Waals surface area contributed by atoms with Crippen LogP contribution in [0.25, 0.3) is 0 Å². The first-order valence-electron chi connectivity index (χ1n) is 6.08. The van der Waals surface area contributed by atoms with Crippen LogP contribution >= 0.6 is 0 Å². The first-order chi connectivity index (χ1) is 9.02. The van der Waals surface area contributed by atoms with Crippen LogP contribution in [-0.4, -0.2) is 12.9 Å². The SMILES string of the molecule is COc1cc(N)ccc1C(=O)c1ccc(C)c(C)c1. The Hall–Kier alpha value is -2.29. The number of aryl methyl sites for hydroxylation is 2. The second kappa shape index (κ2) is 5.14. The summed E-state index contributed by atoms with van der Waals surface area (Å²) in [7, 11) is 1.53. The molecule has 0 heterocycles. The van der Waals surface area contributed by atoms with Crippen LogP contribution in [0.5, 0.6) is 5.75 Å². The quantitative estimate of drug-likeness (QED) is 0.677. The average molecular weight is 255 g/mol. The monoisotopic (exact) mass is 255 g/mol. The number of ketones is 1. The zero-order valence-corrected chi connectivity index (χ0v) is 11.4. The average Bonchev–Trinajstić information content (AvgIpc) is 2.41. The molecule has 0 saturated heterocycles. The molecule has 0 atom stereocenters. The van der Waals surface area contributed by atoms with Crippen LogP contribution in [-0.2, 0) is 0 Å². The van der Waals surface area contributed by atoms with Gasteiger partial charge >= 0.3 is 0 Å². The number of hydrogen-bond acceptors (Lipinski definition) is 3. The zero-order chi connectivity index (χ0) is 14.0. The smallest absolute Gasteiger partial charge is 0.196 e. The van der Waals surface area contributed by atoms with Gasteiger partial charge in [-0.2, -0.15) is 0 Å². The largest absolute Gasteiger partial charge is 0.496 e. The lowest BCUT2D eigenvalue weighted by atomic mass is 9.98. The molecule has 0 spiro atoms. The number of anilines is 1. The number of ether oxygens (including phenoxy) is 1. The fraction of sp³-hybridized carbons (Fsp3) is 0.188. The van der Waals surface area contributed by atoms with Crippen molar-refractivity contribution in [3.8, 4) is 5.75 Å². The molecule has 0 unspecified atom stereocenters. The van der Waals surface area contributed by atoms with E-state index in [2.05, 4.69) is 0 Å². The molecule has 0 aliphatic rings. The fourth-order valence-electron chi connectivity index (χ4n) is 1.93. The van der Waals surface area contributed by atoms with Crippen molar-refractivity contribution in [2.45, 2.75) is 13.8 Å². The number of benzene rings is 2. The highest BCUT2D eigenvalue weighted by atomic mass is 16.5. The Labute approximate surface area is 113 Å². The number of rotatable bonds is 3. The van der Waals surface area contributed by atoms with E-state index < -0.39 is 0 Å². The minimum absolute atomic E-state index is 0.0556. The normalized spacial score (nSPS) is 10.3. The summed E-state index contributed by atoms with van der Waals surface area (Å²) in [5.74, 6) is 0.447. The maximum Gasteiger partial charge on any atom is 0.196 e. The number of nitrogen functional groups attached to an aromatic ring is 1. The van der Waals surface area contributed by atoms with Gasteiger partial charge in [0.2, 0.25) is 0 Å². The third-order valence-electron chi connectivity index (χ3n) is 3.24. The Balaban J connectivity index is 2.46. The van der Waals surface area contributed by atoms with Gasteiger partial charge in [0.1, 0.15) is 5.75 Å². The molecule has 0 aliphatic heterocycles. The summed E-state index contributed by atoms with van der Waals surface area (Å²) in [4.78, 5) is 12.5. The molecule has 0 saturated carbocycles. The Kier molecular flexibility index (Phi) is 3.56. The van der Waals surface area contributed by atoms with Gasteiger partial charge in [-0.1, -0.05) is 12.1 Å². The van der Waals surface area contributed by atoms with E-state index in [1.54, 1.807) is 18.2 Å². The summed E-state index contributed by atoms with van der Waals surface area (Å²) in [6.45, 7) is 4.01. The number of carbonyl (C=O) groups excluding carboxylic acids is 1. The van der Waals surface area contributed by atoms with Gasteiger partial charge in [-0.3, -0.25) is 4.79 Å². The predicted molar refractivity (Wildman–Crippen MR) is 76.8 cm³/mol. The van der Waals surface area contributed by atoms with Gasteiger partial charge < -0.3 is 10.5 Å². The first kappa shape index (κ1) is 13.1. The number of nitrogens with two attached hydrogens (primary N) is 1. The summed E-state index contributed by atoms with van der Waals surface area (Å²) in [5.41, 5.74) is 9.72. The molecule has 2 aromatic rings. The second-order valence-corrected chi connectivity index (χ2v) is 4.59. The molecule has 2 N–H and O–H groups in total. The molecule has 98 valence electrons. The van der Waals surface area contributed by atoms with Gasteiger partial charge in [0.25, 0.3) is 0 Å². The molecule has 0 fully saturated rings. The molecule has 0 aliphatic carbocycles. The van der Waals surface area contributed by atoms with E-state index in [0.29, 0.717) is 22.6 Å². The maximum absolute atomic E-state index is 12.5. The molecule has 3 heteroatoms. The molecule has 3 nitrogen and oxygen atoms in total. The van der Waals surface area contributed by atoms with Crippen molar-refractivity contribution in [1.82, 2.24) is 0 Å². The lowest BCUT2D eigenvalue weighted by Crippen LogP contribution is -2.05. The van der Waals surface area contributed by atoms with Crippen molar-refractivity contribution in [2.75, 3.05) is 12.8 Å². The summed E-state index contributed by atoms with van der Waals surface area (Å²) in [6, 6.07) is 10.7. The Morgan fingerprint density at radius 3 is 2.42 bits per heavy atom. The fourth-order valence-corrected chi connectivity index (χ4v) is 1.93. The summed E-state index contributed by atoms with van der Waals surface area (Å²) in [6.07, 6.45) is 0. The molecular weight excluding hydrogens is 238 g/mol. The predicted octanol–water partition coefficient (Wildman–Crippen LogP) is 3.13. The van der Waals surface area contributed by atoms with Gasteiger partial charge in [-0.15, -0.1) is 0 Å². The lowest BCUT2D eigenvalue weighted by molar-refractivity contribution is 0.103. The summed E-state index contributed by atoms with van der Waals surface area (Å²) >= 11 is 0. The van der Waals surface area contributed by atoms with Crippen LogP contribution in [0, 0.1) is 13.8 Å². The minimum atomic E-state index is -0.0556. The number of methoxy groups -OCH3 is 1. The van der Waals surface area contributed by atoms with Crippen LogP contribution < -0.4 is 10.5 Å². The van der Waals surface area contributed by atoms with Gasteiger partial charge in [0, 0.05) is 17.3 Å². The second-order valence-electron chi connectivity index (χ2n) is 4.59. The van der Waals surface area contributed by atoms with Crippen LogP contribution in [0.3, 0.4) is 0 Å². The van der Waals surface area contributed by atoms with Gasteiger partial charge in [-0.05, 0) is 43.2 Å². The molecule has 0 aromatic heterocycles. The van der Waals surface area contributed by atoms with E-state index in [4.69, 9.17) is 10.5 Å². The highest BCUT2D eigenvalue weighted by Gasteiger charge is 2.15. The van der Waals surface area contributed by atoms with Crippen LogP contribution in [0.4, 0.5) is 5.69 Å². The van der Waals surface area contributed by atoms with Crippen molar-refractivity contribution in [3.63, 3.8) is 0 Å². The first-order valence-corrected chi connectivity index (χ1v) is 6.08. The van der Waals surface area contributed by atoms with Crippen molar-refractivity contribution in [1.29, 1.82) is 0 Å². The van der Waals surface area contributed by atoms with Crippen LogP contribution in [0.1, 0.15) is 27.0 Å². The Morgan fingerprint density at radius 2 is 1.79 bits per heavy atom. The van der Waals surface area contributed by atoms with E-state index in [1.165, 1.54) is 12.7 Å². The third kappa shape index (κ3) is 2.60. The molecule has 19 heavy (non-hydrogen) atoms. The van der Waals surface area contributed by atoms with Crippen molar-refractivity contribution < 1.29 is 9.53 Å². The van der Waals surface area contributed by atoms with E-state index in [9.17, 15) is 4.79 Å². The van der Waals surface area contributed by atoms with E-state index in [-0.39, 0.29) is 5.78 Å². The van der Waals surface area contributed by atoms with Crippen molar-refractivity contribution >= 4 is 11.5 Å². The molecule has 2 aromatic carbocycles. The van der Waals surface area contributed by atoms with E-state index in [0.717, 1.165) is 5.56 Å². The van der Waals surface area contributed by atoms with Crippen molar-refractivity contribution in [2.24, 2.45) is 0 Å². The van der Waals surface area contributed by atoms with Crippen molar-refractivity contribution in [3.05, 3.63) is 58.7 Å². The van der Waals surface area contributed by atoms with Crippen LogP contribution in [0.15, 0.2) is 36.4 Å². The molecule has 0 amide bonds. The topological polar surface area (TPSA) is 52.3 Å². The number of hydrogen-bond donors (Lipinski definition) is 1. The Morgan fingerprint density at radius 1 is 1.05 bits per heavy atom. The molecule has 0 radical (unpaired) electrons. The lowest BCUT2D eigenvalue weighted by Gasteiger charge is -2.09. The summed E-state index contributed by atoms with van der Waals surface area (Å²) < 4.78 is 5.22. The molecular formula is C16H17NO2. The third-order valence-corrected chi connectivity index (χ3v) is 3.24. The number of carbonyl (C=O) groups is 1. The Bertz CT molecular complexity index is 633. The van der Waals surface area contributed by atoms with E-state index >= 15 is 0 Å². The van der Waals surface area contributed by atoms with Gasteiger partial charge in [0.15, 0.2) is 5.78 Å². The zero-order valence-electron chi connectivity index (χ0n) is 11.4. The van der Waals surface area contributed by atoms with Gasteiger partial charge in [-0.25, -0.2) is 0 Å². The van der Waals surface area contributed by atoms with E-state index in [1.807, 2.05) is 32.0 Å². The van der Waals surface area contributed by atoms with Gasteiger partial charge in [0.05, 0.1) is 12.7 Å². The summed E-state index contributed by atoms with van der Waals surface area (Å²) in [5, 5.41) is 0. The van der Waals surface area contributed by atoms with Crippen LogP contribution in [0.2, 0.25) is 0 Å².